The second kappa shape index (κ2) is 8.34. The van der Waals surface area contributed by atoms with Crippen LogP contribution in [0.2, 0.25) is 0 Å². The number of carbonyl (C=O) groups is 2. The Morgan fingerprint density at radius 3 is 2.29 bits per heavy atom. The van der Waals surface area contributed by atoms with Crippen LogP contribution in [-0.2, 0) is 14.3 Å². The molecule has 2 amide bonds. The molecule has 0 saturated carbocycles. The maximum absolute atomic E-state index is 11.9. The van der Waals surface area contributed by atoms with Crippen LogP contribution in [0.15, 0.2) is 0 Å². The lowest BCUT2D eigenvalue weighted by Crippen LogP contribution is -2.60. The Labute approximate surface area is 127 Å². The van der Waals surface area contributed by atoms with E-state index in [2.05, 4.69) is 17.6 Å². The third kappa shape index (κ3) is 5.28. The molecule has 2 saturated heterocycles. The molecular weight excluding hydrogens is 270 g/mol. The molecule has 0 radical (unpaired) electrons. The highest BCUT2D eigenvalue weighted by Crippen LogP contribution is 2.40. The summed E-state index contributed by atoms with van der Waals surface area (Å²) in [6, 6.07) is 0. The predicted octanol–water partition coefficient (Wildman–Crippen LogP) is 0.457. The molecule has 0 aromatic carbocycles. The first kappa shape index (κ1) is 17.9. The monoisotopic (exact) mass is 299 g/mol. The van der Waals surface area contributed by atoms with Crippen molar-refractivity contribution in [1.29, 1.82) is 0 Å². The summed E-state index contributed by atoms with van der Waals surface area (Å²) in [4.78, 5) is 25.0. The average Bonchev–Trinajstić information content (AvgIpc) is 2.43. The molecule has 6 heteroatoms. The third-order valence-corrected chi connectivity index (χ3v) is 4.28. The predicted molar refractivity (Wildman–Crippen MR) is 81.7 cm³/mol. The first-order valence-corrected chi connectivity index (χ1v) is 7.73. The highest BCUT2D eigenvalue weighted by atomic mass is 16.5. The molecule has 0 aliphatic carbocycles. The van der Waals surface area contributed by atoms with E-state index in [9.17, 15) is 4.79 Å². The van der Waals surface area contributed by atoms with E-state index in [0.29, 0.717) is 5.41 Å². The van der Waals surface area contributed by atoms with Gasteiger partial charge in [-0.3, -0.25) is 9.59 Å². The Morgan fingerprint density at radius 2 is 1.86 bits per heavy atom. The topological polar surface area (TPSA) is 75.9 Å². The molecule has 1 spiro atoms. The van der Waals surface area contributed by atoms with Crippen LogP contribution in [-0.4, -0.2) is 67.6 Å². The van der Waals surface area contributed by atoms with E-state index in [1.807, 2.05) is 18.7 Å². The Morgan fingerprint density at radius 1 is 1.33 bits per heavy atom. The highest BCUT2D eigenvalue weighted by Gasteiger charge is 2.44. The zero-order chi connectivity index (χ0) is 15.9. The molecule has 0 aromatic heterocycles. The van der Waals surface area contributed by atoms with Gasteiger partial charge in [0.1, 0.15) is 6.61 Å². The smallest absolute Gasteiger partial charge is 0.248 e. The summed E-state index contributed by atoms with van der Waals surface area (Å²) in [6.45, 7) is 11.8. The number of hydrogen-bond donors (Lipinski definition) is 1. The lowest BCUT2D eigenvalue weighted by atomic mass is 9.72. The molecule has 122 valence electrons. The highest BCUT2D eigenvalue weighted by molar-refractivity contribution is 5.77. The van der Waals surface area contributed by atoms with Gasteiger partial charge >= 0.3 is 0 Å². The number of ether oxygens (including phenoxy) is 1. The molecule has 2 heterocycles. The van der Waals surface area contributed by atoms with Gasteiger partial charge in [-0.15, -0.1) is 0 Å². The fourth-order valence-electron chi connectivity index (χ4n) is 3.00. The maximum atomic E-state index is 11.9. The maximum Gasteiger partial charge on any atom is 0.248 e. The Bertz CT molecular complexity index is 331. The normalized spacial score (nSPS) is 20.7. The van der Waals surface area contributed by atoms with Crippen molar-refractivity contribution < 1.29 is 14.3 Å². The number of likely N-dealkylation sites (tertiary alicyclic amines) is 2. The van der Waals surface area contributed by atoms with Gasteiger partial charge in [-0.2, -0.15) is 0 Å². The van der Waals surface area contributed by atoms with Gasteiger partial charge in [-0.05, 0) is 38.6 Å². The summed E-state index contributed by atoms with van der Waals surface area (Å²) in [5.74, 6) is 0.158. The Hall–Kier alpha value is -1.14. The molecule has 2 aliphatic rings. The molecule has 21 heavy (non-hydrogen) atoms. The van der Waals surface area contributed by atoms with Crippen LogP contribution in [0.5, 0.6) is 0 Å². The van der Waals surface area contributed by atoms with E-state index in [1.54, 1.807) is 0 Å². The number of rotatable bonds is 4. The lowest BCUT2D eigenvalue weighted by molar-refractivity contribution is -0.142. The van der Waals surface area contributed by atoms with Gasteiger partial charge in [0.25, 0.3) is 0 Å². The van der Waals surface area contributed by atoms with Crippen molar-refractivity contribution in [3.05, 3.63) is 0 Å². The fraction of sp³-hybridized carbons (Fsp3) is 0.867. The van der Waals surface area contributed by atoms with Gasteiger partial charge in [0.15, 0.2) is 0 Å². The number of nitrogens with two attached hydrogens (primary N) is 1. The van der Waals surface area contributed by atoms with Crippen molar-refractivity contribution in [3.63, 3.8) is 0 Å². The summed E-state index contributed by atoms with van der Waals surface area (Å²) < 4.78 is 5.38. The second-order valence-corrected chi connectivity index (χ2v) is 6.18. The largest absolute Gasteiger partial charge is 0.372 e. The van der Waals surface area contributed by atoms with Gasteiger partial charge in [-0.1, -0.05) is 6.92 Å². The van der Waals surface area contributed by atoms with Gasteiger partial charge in [-0.25, -0.2) is 0 Å². The van der Waals surface area contributed by atoms with Gasteiger partial charge in [0, 0.05) is 26.2 Å². The molecule has 0 bridgehead atoms. The quantitative estimate of drug-likeness (QED) is 0.765. The van der Waals surface area contributed by atoms with Crippen LogP contribution in [0.1, 0.15) is 33.6 Å². The molecule has 0 atom stereocenters. The minimum atomic E-state index is 0.134. The van der Waals surface area contributed by atoms with E-state index in [-0.39, 0.29) is 25.0 Å². The summed E-state index contributed by atoms with van der Waals surface area (Å²) in [7, 11) is 0. The number of primary amides is 1. The van der Waals surface area contributed by atoms with E-state index >= 15 is 0 Å². The molecule has 0 unspecified atom stereocenters. The fourth-order valence-corrected chi connectivity index (χ4v) is 3.00. The van der Waals surface area contributed by atoms with Crippen molar-refractivity contribution >= 4 is 12.3 Å². The average molecular weight is 299 g/mol. The van der Waals surface area contributed by atoms with Gasteiger partial charge in [0.05, 0.1) is 6.10 Å². The number of hydrogen-bond acceptors (Lipinski definition) is 4. The third-order valence-electron chi connectivity index (χ3n) is 4.28. The van der Waals surface area contributed by atoms with Crippen molar-refractivity contribution in [1.82, 2.24) is 9.80 Å². The van der Waals surface area contributed by atoms with E-state index in [4.69, 9.17) is 9.53 Å². The molecule has 2 aliphatic heterocycles. The first-order chi connectivity index (χ1) is 9.96. The van der Waals surface area contributed by atoms with E-state index in [0.717, 1.165) is 32.5 Å². The summed E-state index contributed by atoms with van der Waals surface area (Å²) >= 11 is 0. The number of carbonyl (C=O) groups excluding carboxylic acids is 2. The van der Waals surface area contributed by atoms with E-state index in [1.165, 1.54) is 13.1 Å². The van der Waals surface area contributed by atoms with Crippen molar-refractivity contribution in [3.8, 4) is 0 Å². The summed E-state index contributed by atoms with van der Waals surface area (Å²) in [5, 5.41) is 0. The molecular formula is C15H29N3O3. The zero-order valence-corrected chi connectivity index (χ0v) is 13.5. The van der Waals surface area contributed by atoms with Crippen LogP contribution in [0, 0.1) is 5.41 Å². The first-order valence-electron chi connectivity index (χ1n) is 7.73. The molecule has 6 nitrogen and oxygen atoms in total. The van der Waals surface area contributed by atoms with Gasteiger partial charge in [0.2, 0.25) is 12.3 Å². The van der Waals surface area contributed by atoms with Crippen LogP contribution in [0.25, 0.3) is 0 Å². The minimum absolute atomic E-state index is 0.134. The standard InChI is InChI=1S/C14H26N2O2.CH3NO/c1-4-15-10-14(11-15)5-7-16(8-6-14)13(17)9-18-12(2)3;2-1-3/h12H,4-11H2,1-3H3;1H,(H2,2,3). The van der Waals surface area contributed by atoms with Crippen LogP contribution in [0.4, 0.5) is 0 Å². The Kier molecular flexibility index (Phi) is 7.11. The minimum Gasteiger partial charge on any atom is -0.372 e. The van der Waals surface area contributed by atoms with Crippen LogP contribution >= 0.6 is 0 Å². The molecule has 2 fully saturated rings. The van der Waals surface area contributed by atoms with Crippen LogP contribution < -0.4 is 5.73 Å². The van der Waals surface area contributed by atoms with Crippen LogP contribution in [0.3, 0.4) is 0 Å². The SMILES string of the molecule is CCN1CC2(CCN(C(=O)COC(C)C)CC2)C1.NC=O. The number of piperidine rings is 1. The number of nitrogens with zero attached hydrogens (tertiary/aromatic N) is 2. The Balaban J connectivity index is 0.000000677. The molecule has 2 rings (SSSR count). The second-order valence-electron chi connectivity index (χ2n) is 6.18. The van der Waals surface area contributed by atoms with Crippen molar-refractivity contribution in [2.75, 3.05) is 39.3 Å². The molecule has 0 aromatic rings. The van der Waals surface area contributed by atoms with Gasteiger partial charge < -0.3 is 20.3 Å². The lowest BCUT2D eigenvalue weighted by Gasteiger charge is -2.54. The van der Waals surface area contributed by atoms with E-state index < -0.39 is 0 Å². The molecule has 2 N–H and O–H groups in total. The summed E-state index contributed by atoms with van der Waals surface area (Å²) in [5.41, 5.74) is 4.69. The van der Waals surface area contributed by atoms with Crippen molar-refractivity contribution in [2.24, 2.45) is 11.1 Å². The van der Waals surface area contributed by atoms with Crippen molar-refractivity contribution in [2.45, 2.75) is 39.7 Å². The summed E-state index contributed by atoms with van der Waals surface area (Å²) in [6.07, 6.45) is 2.71. The zero-order valence-electron chi connectivity index (χ0n) is 13.5. The number of amides is 2.